The van der Waals surface area contributed by atoms with Gasteiger partial charge in [0.25, 0.3) is 5.78 Å². The first-order valence-electron chi connectivity index (χ1n) is 10.4. The largest absolute Gasteiger partial charge is 0.507 e. The molecule has 2 aromatic carbocycles. The summed E-state index contributed by atoms with van der Waals surface area (Å²) in [4.78, 5) is 39.7. The Morgan fingerprint density at radius 1 is 1.18 bits per heavy atom. The summed E-state index contributed by atoms with van der Waals surface area (Å²) in [7, 11) is 1.44. The van der Waals surface area contributed by atoms with Crippen molar-refractivity contribution < 1.29 is 19.4 Å². The number of hydrogen-bond acceptors (Lipinski definition) is 6. The second kappa shape index (κ2) is 8.31. The van der Waals surface area contributed by atoms with E-state index in [1.54, 1.807) is 36.7 Å². The van der Waals surface area contributed by atoms with E-state index in [-0.39, 0.29) is 17.1 Å². The fourth-order valence-electron chi connectivity index (χ4n) is 4.14. The molecule has 34 heavy (non-hydrogen) atoms. The molecule has 8 nitrogen and oxygen atoms in total. The van der Waals surface area contributed by atoms with Gasteiger partial charge in [-0.25, -0.2) is 4.98 Å². The van der Waals surface area contributed by atoms with Crippen LogP contribution in [-0.4, -0.2) is 38.9 Å². The van der Waals surface area contributed by atoms with E-state index < -0.39 is 23.5 Å². The van der Waals surface area contributed by atoms with Crippen LogP contribution in [0.25, 0.3) is 16.8 Å². The smallest absolute Gasteiger partial charge is 0.302 e. The summed E-state index contributed by atoms with van der Waals surface area (Å²) in [6.07, 6.45) is 3.12. The highest BCUT2D eigenvalue weighted by Crippen LogP contribution is 2.43. The number of aromatic amines is 1. The van der Waals surface area contributed by atoms with Gasteiger partial charge < -0.3 is 14.8 Å². The normalized spacial score (nSPS) is 17.5. The lowest BCUT2D eigenvalue weighted by Gasteiger charge is -2.22. The Bertz CT molecular complexity index is 1480. The molecule has 0 spiro atoms. The average molecular weight is 475 g/mol. The molecule has 1 saturated heterocycles. The van der Waals surface area contributed by atoms with Crippen molar-refractivity contribution in [1.29, 1.82) is 0 Å². The van der Waals surface area contributed by atoms with Crippen molar-refractivity contribution in [2.24, 2.45) is 0 Å². The molecule has 1 atom stereocenters. The minimum atomic E-state index is -0.973. The highest BCUT2D eigenvalue weighted by Gasteiger charge is 2.48. The number of aliphatic hydroxyl groups is 1. The number of nitrogens with one attached hydrogen (secondary N) is 1. The van der Waals surface area contributed by atoms with E-state index in [1.807, 2.05) is 25.1 Å². The number of Topliss-reactive ketones (excluding diaryl/α,β-unsaturated/α-hetero) is 1. The van der Waals surface area contributed by atoms with Crippen molar-refractivity contribution in [3.63, 3.8) is 0 Å². The molecule has 5 rings (SSSR count). The number of ketones is 1. The highest BCUT2D eigenvalue weighted by molar-refractivity contribution is 6.51. The molecule has 1 amide bonds. The van der Waals surface area contributed by atoms with Crippen LogP contribution >= 0.6 is 11.6 Å². The summed E-state index contributed by atoms with van der Waals surface area (Å²) in [5, 5.41) is 11.6. The van der Waals surface area contributed by atoms with Crippen LogP contribution in [-0.2, 0) is 9.59 Å². The molecule has 2 N–H and O–H groups in total. The van der Waals surface area contributed by atoms with Gasteiger partial charge in [0.2, 0.25) is 5.95 Å². The van der Waals surface area contributed by atoms with Crippen LogP contribution in [0.15, 0.2) is 66.5 Å². The van der Waals surface area contributed by atoms with Crippen molar-refractivity contribution in [2.45, 2.75) is 13.0 Å². The number of aromatic nitrogens is 3. The molecule has 1 fully saturated rings. The fraction of sp³-hybridized carbons (Fsp3) is 0.120. The van der Waals surface area contributed by atoms with Crippen molar-refractivity contribution >= 4 is 46.0 Å². The van der Waals surface area contributed by atoms with Crippen LogP contribution in [0.3, 0.4) is 0 Å². The molecule has 9 heteroatoms. The van der Waals surface area contributed by atoms with Crippen LogP contribution in [0.1, 0.15) is 22.7 Å². The Balaban J connectivity index is 1.75. The number of aryl methyl sites for hydroxylation is 1. The number of H-pyrrole nitrogens is 1. The lowest BCUT2D eigenvalue weighted by Crippen LogP contribution is -2.30. The Hall–Kier alpha value is -4.17. The zero-order valence-corrected chi connectivity index (χ0v) is 19.0. The number of carbonyl (C=O) groups excluding carboxylic acids is 2. The molecule has 3 heterocycles. The molecule has 1 unspecified atom stereocenters. The third-order valence-electron chi connectivity index (χ3n) is 5.71. The molecule has 170 valence electrons. The van der Waals surface area contributed by atoms with E-state index in [2.05, 4.69) is 15.0 Å². The molecule has 0 bridgehead atoms. The van der Waals surface area contributed by atoms with Gasteiger partial charge in [0.15, 0.2) is 0 Å². The van der Waals surface area contributed by atoms with Gasteiger partial charge in [-0.1, -0.05) is 23.7 Å². The van der Waals surface area contributed by atoms with Crippen LogP contribution in [0.4, 0.5) is 5.95 Å². The van der Waals surface area contributed by atoms with Crippen molar-refractivity contribution in [3.05, 3.63) is 88.2 Å². The van der Waals surface area contributed by atoms with Crippen LogP contribution in [0.5, 0.6) is 5.75 Å². The van der Waals surface area contributed by atoms with Crippen LogP contribution in [0, 0.1) is 6.92 Å². The van der Waals surface area contributed by atoms with Crippen molar-refractivity contribution in [3.8, 4) is 5.75 Å². The molecule has 0 radical (unpaired) electrons. The number of amides is 1. The number of ether oxygens (including phenoxy) is 1. The summed E-state index contributed by atoms with van der Waals surface area (Å²) in [5.41, 5.74) is 2.99. The first-order valence-corrected chi connectivity index (χ1v) is 10.8. The minimum Gasteiger partial charge on any atom is -0.507 e. The number of imidazole rings is 1. The number of aliphatic hydroxyl groups excluding tert-OH is 1. The predicted octanol–water partition coefficient (Wildman–Crippen LogP) is 4.55. The maximum atomic E-state index is 13.3. The van der Waals surface area contributed by atoms with E-state index in [0.29, 0.717) is 21.9 Å². The second-order valence-electron chi connectivity index (χ2n) is 7.88. The number of hydrogen-bond donors (Lipinski definition) is 2. The van der Waals surface area contributed by atoms with Gasteiger partial charge >= 0.3 is 5.91 Å². The number of halogens is 1. The predicted molar refractivity (Wildman–Crippen MR) is 128 cm³/mol. The highest BCUT2D eigenvalue weighted by atomic mass is 35.5. The molecule has 0 aliphatic carbocycles. The quantitative estimate of drug-likeness (QED) is 0.255. The number of nitrogens with zero attached hydrogens (tertiary/aromatic N) is 3. The molecule has 1 aliphatic heterocycles. The maximum absolute atomic E-state index is 13.3. The summed E-state index contributed by atoms with van der Waals surface area (Å²) >= 11 is 6.15. The van der Waals surface area contributed by atoms with Gasteiger partial charge in [-0.3, -0.25) is 19.5 Å². The summed E-state index contributed by atoms with van der Waals surface area (Å²) in [5.74, 6) is -1.59. The van der Waals surface area contributed by atoms with Crippen molar-refractivity contribution in [1.82, 2.24) is 15.0 Å². The van der Waals surface area contributed by atoms with Gasteiger partial charge in [-0.05, 0) is 54.4 Å². The summed E-state index contributed by atoms with van der Waals surface area (Å²) < 4.78 is 5.35. The third kappa shape index (κ3) is 3.48. The van der Waals surface area contributed by atoms with Gasteiger partial charge in [-0.2, -0.15) is 0 Å². The van der Waals surface area contributed by atoms with Gasteiger partial charge in [0.05, 0.1) is 35.3 Å². The monoisotopic (exact) mass is 474 g/mol. The van der Waals surface area contributed by atoms with E-state index >= 15 is 0 Å². The summed E-state index contributed by atoms with van der Waals surface area (Å²) in [6, 6.07) is 12.7. The zero-order valence-electron chi connectivity index (χ0n) is 18.2. The zero-order chi connectivity index (χ0) is 24.0. The third-order valence-corrected chi connectivity index (χ3v) is 5.95. The van der Waals surface area contributed by atoms with Crippen LogP contribution in [0.2, 0.25) is 5.02 Å². The Morgan fingerprint density at radius 2 is 2.00 bits per heavy atom. The summed E-state index contributed by atoms with van der Waals surface area (Å²) in [6.45, 7) is 1.94. The van der Waals surface area contributed by atoms with E-state index in [9.17, 15) is 14.7 Å². The topological polar surface area (TPSA) is 108 Å². The lowest BCUT2D eigenvalue weighted by molar-refractivity contribution is -0.132. The SMILES string of the molecule is COc1ccc(Cl)cc1/C(O)=C1\C(=O)C(=O)N(c2nc3ccc(C)cc3[nH]2)C1c1cccnc1. The molecular weight excluding hydrogens is 456 g/mol. The standard InChI is InChI=1S/C25H19ClN4O4/c1-13-5-7-17-18(10-13)29-25(28-17)30-21(14-4-3-9-27-12-14)20(23(32)24(30)33)22(31)16-11-15(26)6-8-19(16)34-2/h3-12,21,31H,1-2H3,(H,28,29)/b22-20+. The molecule has 1 aliphatic rings. The Kier molecular flexibility index (Phi) is 5.30. The second-order valence-corrected chi connectivity index (χ2v) is 8.32. The molecule has 0 saturated carbocycles. The number of pyridine rings is 1. The Morgan fingerprint density at radius 3 is 2.74 bits per heavy atom. The fourth-order valence-corrected chi connectivity index (χ4v) is 4.31. The molecule has 4 aromatic rings. The van der Waals surface area contributed by atoms with Gasteiger partial charge in [-0.15, -0.1) is 0 Å². The number of fused-ring (bicyclic) bond motifs is 1. The van der Waals surface area contributed by atoms with E-state index in [4.69, 9.17) is 16.3 Å². The van der Waals surface area contributed by atoms with E-state index in [0.717, 1.165) is 11.1 Å². The maximum Gasteiger partial charge on any atom is 0.302 e. The number of carbonyl (C=O) groups is 2. The lowest BCUT2D eigenvalue weighted by atomic mass is 9.96. The van der Waals surface area contributed by atoms with Crippen LogP contribution < -0.4 is 9.64 Å². The first kappa shape index (κ1) is 21.7. The van der Waals surface area contributed by atoms with E-state index in [1.165, 1.54) is 18.1 Å². The minimum absolute atomic E-state index is 0.116. The number of rotatable bonds is 4. The number of benzene rings is 2. The Labute approximate surface area is 199 Å². The number of anilines is 1. The average Bonchev–Trinajstić information content (AvgIpc) is 3.37. The van der Waals surface area contributed by atoms with Gasteiger partial charge in [0, 0.05) is 17.4 Å². The van der Waals surface area contributed by atoms with Crippen molar-refractivity contribution in [2.75, 3.05) is 12.0 Å². The van der Waals surface area contributed by atoms with Gasteiger partial charge in [0.1, 0.15) is 11.5 Å². The number of methoxy groups -OCH3 is 1. The first-order chi connectivity index (χ1) is 16.4. The molecule has 2 aromatic heterocycles. The molecular formula is C25H19ClN4O4.